The molecule has 1 N–H and O–H groups in total. The lowest BCUT2D eigenvalue weighted by atomic mass is 9.42. The van der Waals surface area contributed by atoms with Crippen molar-refractivity contribution in [2.45, 2.75) is 53.1 Å². The average Bonchev–Trinajstić information content (AvgIpc) is 2.68. The van der Waals surface area contributed by atoms with Gasteiger partial charge in [0.05, 0.1) is 12.7 Å². The van der Waals surface area contributed by atoms with Gasteiger partial charge in [0, 0.05) is 41.2 Å². The molecule has 2 fully saturated rings. The first kappa shape index (κ1) is 20.1. The number of ketones is 1. The minimum Gasteiger partial charge on any atom is -0.493 e. The summed E-state index contributed by atoms with van der Waals surface area (Å²) in [6, 6.07) is 8.68. The van der Waals surface area contributed by atoms with Crippen molar-refractivity contribution >= 4 is 16.8 Å². The van der Waals surface area contributed by atoms with E-state index < -0.39 is 11.5 Å². The first-order valence-corrected chi connectivity index (χ1v) is 10.5. The van der Waals surface area contributed by atoms with E-state index in [0.717, 1.165) is 11.8 Å². The van der Waals surface area contributed by atoms with E-state index in [-0.39, 0.29) is 34.6 Å². The summed E-state index contributed by atoms with van der Waals surface area (Å²) in [5.74, 6) is 1.24. The Morgan fingerprint density at radius 3 is 2.66 bits per heavy atom. The van der Waals surface area contributed by atoms with E-state index in [1.807, 2.05) is 19.1 Å². The molecule has 2 saturated carbocycles. The number of fused-ring (bicyclic) bond motifs is 2. The van der Waals surface area contributed by atoms with Crippen LogP contribution in [-0.4, -0.2) is 23.6 Å². The molecule has 6 unspecified atom stereocenters. The minimum atomic E-state index is -0.493. The fraction of sp³-hybridized carbons (Fsp3) is 0.583. The molecule has 1 heterocycles. The first-order chi connectivity index (χ1) is 13.7. The molecule has 0 aliphatic heterocycles. The molecule has 0 saturated heterocycles. The van der Waals surface area contributed by atoms with Crippen molar-refractivity contribution in [1.82, 2.24) is 0 Å². The molecule has 156 valence electrons. The van der Waals surface area contributed by atoms with E-state index in [9.17, 15) is 14.7 Å². The highest BCUT2D eigenvalue weighted by molar-refractivity contribution is 5.83. The van der Waals surface area contributed by atoms with Crippen LogP contribution in [0, 0.1) is 28.6 Å². The van der Waals surface area contributed by atoms with E-state index in [1.165, 1.54) is 6.07 Å². The van der Waals surface area contributed by atoms with Crippen molar-refractivity contribution in [3.63, 3.8) is 0 Å². The van der Waals surface area contributed by atoms with Gasteiger partial charge in [0.2, 0.25) is 0 Å². The average molecular weight is 398 g/mol. The standard InChI is InChI=1S/C24H30O5/c1-14-11-21(26)24(4)15(2)19(25)9-10-23(24,3)18(14)13-28-17-7-5-16-6-8-22(27)29-20(16)12-17/h5-8,12,14-15,18,21,26H,9-11,13H2,1-4H3. The molecule has 2 aliphatic carbocycles. The monoisotopic (exact) mass is 398 g/mol. The topological polar surface area (TPSA) is 76.7 Å². The SMILES string of the molecule is CC1CC(O)C2(C)C(C)C(=O)CCC2(C)C1COc1ccc2ccc(=O)oc2c1. The van der Waals surface area contributed by atoms with Crippen molar-refractivity contribution in [3.8, 4) is 5.75 Å². The molecule has 6 atom stereocenters. The highest BCUT2D eigenvalue weighted by atomic mass is 16.5. The van der Waals surface area contributed by atoms with Crippen LogP contribution < -0.4 is 10.4 Å². The molecular formula is C24H30O5. The van der Waals surface area contributed by atoms with Gasteiger partial charge in [0.15, 0.2) is 0 Å². The molecule has 0 amide bonds. The Morgan fingerprint density at radius 2 is 1.90 bits per heavy atom. The summed E-state index contributed by atoms with van der Waals surface area (Å²) in [4.78, 5) is 24.0. The van der Waals surface area contributed by atoms with Crippen molar-refractivity contribution in [1.29, 1.82) is 0 Å². The molecule has 4 rings (SSSR count). The zero-order valence-corrected chi connectivity index (χ0v) is 17.6. The molecule has 0 radical (unpaired) electrons. The number of aliphatic hydroxyl groups excluding tert-OH is 1. The molecule has 2 aromatic rings. The highest BCUT2D eigenvalue weighted by Gasteiger charge is 2.63. The van der Waals surface area contributed by atoms with E-state index in [1.54, 1.807) is 12.1 Å². The Labute approximate surface area is 171 Å². The Balaban J connectivity index is 1.62. The number of hydrogen-bond acceptors (Lipinski definition) is 5. The van der Waals surface area contributed by atoms with Crippen LogP contribution in [0.2, 0.25) is 0 Å². The van der Waals surface area contributed by atoms with Gasteiger partial charge >= 0.3 is 5.63 Å². The lowest BCUT2D eigenvalue weighted by molar-refractivity contribution is -0.200. The quantitative estimate of drug-likeness (QED) is 0.784. The van der Waals surface area contributed by atoms with Gasteiger partial charge in [0.1, 0.15) is 17.1 Å². The molecule has 29 heavy (non-hydrogen) atoms. The fourth-order valence-electron chi connectivity index (χ4n) is 6.01. The maximum absolute atomic E-state index is 12.5. The van der Waals surface area contributed by atoms with E-state index in [0.29, 0.717) is 30.8 Å². The maximum atomic E-state index is 12.5. The Hall–Kier alpha value is -2.14. The van der Waals surface area contributed by atoms with Crippen molar-refractivity contribution in [2.24, 2.45) is 28.6 Å². The number of aliphatic hydroxyl groups is 1. The summed E-state index contributed by atoms with van der Waals surface area (Å²) in [6.07, 6.45) is 1.51. The number of hydrogen-bond donors (Lipinski definition) is 1. The Morgan fingerprint density at radius 1 is 1.17 bits per heavy atom. The maximum Gasteiger partial charge on any atom is 0.336 e. The molecule has 1 aromatic heterocycles. The van der Waals surface area contributed by atoms with Crippen molar-refractivity contribution < 1.29 is 19.1 Å². The number of carbonyl (C=O) groups is 1. The van der Waals surface area contributed by atoms with Gasteiger partial charge in [-0.3, -0.25) is 4.79 Å². The lowest BCUT2D eigenvalue weighted by Crippen LogP contribution is -2.64. The summed E-state index contributed by atoms with van der Waals surface area (Å²) in [7, 11) is 0. The van der Waals surface area contributed by atoms with Crippen LogP contribution in [0.5, 0.6) is 5.75 Å². The van der Waals surface area contributed by atoms with Gasteiger partial charge in [0.25, 0.3) is 0 Å². The lowest BCUT2D eigenvalue weighted by Gasteiger charge is -2.63. The van der Waals surface area contributed by atoms with Crippen molar-refractivity contribution in [2.75, 3.05) is 6.61 Å². The number of ether oxygens (including phenoxy) is 1. The van der Waals surface area contributed by atoms with Crippen LogP contribution in [0.1, 0.15) is 47.0 Å². The van der Waals surface area contributed by atoms with E-state index in [2.05, 4.69) is 20.8 Å². The second-order valence-corrected chi connectivity index (χ2v) is 9.49. The molecule has 5 heteroatoms. The predicted octanol–water partition coefficient (Wildman–Crippen LogP) is 4.20. The number of rotatable bonds is 3. The normalized spacial score (nSPS) is 37.3. The number of benzene rings is 1. The van der Waals surface area contributed by atoms with Gasteiger partial charge in [-0.05, 0) is 42.4 Å². The molecule has 5 nitrogen and oxygen atoms in total. The summed E-state index contributed by atoms with van der Waals surface area (Å²) >= 11 is 0. The van der Waals surface area contributed by atoms with Gasteiger partial charge in [-0.2, -0.15) is 0 Å². The molecule has 0 bridgehead atoms. The van der Waals surface area contributed by atoms with Crippen LogP contribution in [-0.2, 0) is 4.79 Å². The first-order valence-electron chi connectivity index (χ1n) is 10.5. The molecule has 0 spiro atoms. The van der Waals surface area contributed by atoms with Crippen LogP contribution in [0.4, 0.5) is 0 Å². The summed E-state index contributed by atoms with van der Waals surface area (Å²) in [5.41, 5.74) is -0.524. The molecular weight excluding hydrogens is 368 g/mol. The molecule has 2 aliphatic rings. The third-order valence-electron chi connectivity index (χ3n) is 8.32. The number of carbonyl (C=O) groups excluding carboxylic acids is 1. The minimum absolute atomic E-state index is 0.166. The summed E-state index contributed by atoms with van der Waals surface area (Å²) in [5, 5.41) is 11.9. The third-order valence-corrected chi connectivity index (χ3v) is 8.32. The number of Topliss-reactive ketones (excluding diaryl/α,β-unsaturated/α-hetero) is 1. The van der Waals surface area contributed by atoms with E-state index >= 15 is 0 Å². The van der Waals surface area contributed by atoms with Crippen LogP contribution in [0.3, 0.4) is 0 Å². The third kappa shape index (κ3) is 3.02. The van der Waals surface area contributed by atoms with Gasteiger partial charge < -0.3 is 14.3 Å². The van der Waals surface area contributed by atoms with Gasteiger partial charge in [-0.25, -0.2) is 4.79 Å². The second-order valence-electron chi connectivity index (χ2n) is 9.49. The van der Waals surface area contributed by atoms with Crippen LogP contribution >= 0.6 is 0 Å². The summed E-state index contributed by atoms with van der Waals surface area (Å²) in [6.45, 7) is 8.96. The van der Waals surface area contributed by atoms with Crippen molar-refractivity contribution in [3.05, 3.63) is 40.8 Å². The zero-order chi connectivity index (χ0) is 21.0. The molecule has 1 aromatic carbocycles. The fourth-order valence-corrected chi connectivity index (χ4v) is 6.01. The van der Waals surface area contributed by atoms with E-state index in [4.69, 9.17) is 9.15 Å². The van der Waals surface area contributed by atoms with Gasteiger partial charge in [-0.1, -0.05) is 27.7 Å². The second kappa shape index (κ2) is 6.98. The zero-order valence-electron chi connectivity index (χ0n) is 17.6. The Bertz CT molecular complexity index is 994. The predicted molar refractivity (Wildman–Crippen MR) is 111 cm³/mol. The Kier molecular flexibility index (Phi) is 4.85. The largest absolute Gasteiger partial charge is 0.493 e. The smallest absolute Gasteiger partial charge is 0.336 e. The summed E-state index contributed by atoms with van der Waals surface area (Å²) < 4.78 is 11.5. The highest BCUT2D eigenvalue weighted by Crippen LogP contribution is 2.63. The van der Waals surface area contributed by atoms with Crippen LogP contribution in [0.15, 0.2) is 39.5 Å². The van der Waals surface area contributed by atoms with Gasteiger partial charge in [-0.15, -0.1) is 0 Å². The van der Waals surface area contributed by atoms with Crippen LogP contribution in [0.25, 0.3) is 11.0 Å².